The van der Waals surface area contributed by atoms with Gasteiger partial charge in [-0.15, -0.1) is 0 Å². The molecule has 0 amide bonds. The second kappa shape index (κ2) is 5.33. The lowest BCUT2D eigenvalue weighted by molar-refractivity contribution is -0.0156. The van der Waals surface area contributed by atoms with Crippen molar-refractivity contribution >= 4 is 5.78 Å². The van der Waals surface area contributed by atoms with Gasteiger partial charge in [-0.1, -0.05) is 39.8 Å². The number of aliphatic hydroxyl groups excluding tert-OH is 1. The molecule has 3 nitrogen and oxygen atoms in total. The van der Waals surface area contributed by atoms with Crippen LogP contribution in [0.1, 0.15) is 38.1 Å². The van der Waals surface area contributed by atoms with Crippen LogP contribution in [0.5, 0.6) is 5.75 Å². The molecule has 1 N–H and O–H groups in total. The number of Topliss-reactive ketones (excluding diaryl/α,β-unsaturated/α-hetero) is 1. The highest BCUT2D eigenvalue weighted by molar-refractivity contribution is 6.02. The van der Waals surface area contributed by atoms with E-state index in [4.69, 9.17) is 4.74 Å². The van der Waals surface area contributed by atoms with E-state index < -0.39 is 12.0 Å². The summed E-state index contributed by atoms with van der Waals surface area (Å²) in [6.45, 7) is 7.89. The summed E-state index contributed by atoms with van der Waals surface area (Å²) in [6.07, 6.45) is -0.937. The predicted molar refractivity (Wildman–Crippen MR) is 74.4 cm³/mol. The van der Waals surface area contributed by atoms with Gasteiger partial charge in [0.1, 0.15) is 11.9 Å². The van der Waals surface area contributed by atoms with Crippen molar-refractivity contribution in [1.29, 1.82) is 0 Å². The number of aliphatic hydroxyl groups is 1. The number of rotatable bonds is 3. The molecule has 0 unspecified atom stereocenters. The van der Waals surface area contributed by atoms with Crippen LogP contribution in [-0.4, -0.2) is 23.1 Å². The zero-order valence-corrected chi connectivity index (χ0v) is 12.0. The van der Waals surface area contributed by atoms with E-state index in [1.807, 2.05) is 45.9 Å². The Morgan fingerprint density at radius 1 is 1.16 bits per heavy atom. The van der Waals surface area contributed by atoms with Gasteiger partial charge in [0.15, 0.2) is 5.78 Å². The predicted octanol–water partition coefficient (Wildman–Crippen LogP) is 2.92. The Hall–Kier alpha value is -1.35. The third-order valence-electron chi connectivity index (χ3n) is 3.78. The molecule has 1 aliphatic rings. The van der Waals surface area contributed by atoms with E-state index in [0.717, 1.165) is 0 Å². The third-order valence-corrected chi connectivity index (χ3v) is 3.78. The van der Waals surface area contributed by atoms with Crippen molar-refractivity contribution in [3.63, 3.8) is 0 Å². The van der Waals surface area contributed by atoms with Crippen molar-refractivity contribution in [3.05, 3.63) is 29.8 Å². The highest BCUT2D eigenvalue weighted by atomic mass is 16.5. The molecule has 0 aliphatic carbocycles. The Bertz CT molecular complexity index is 465. The smallest absolute Gasteiger partial charge is 0.175 e. The van der Waals surface area contributed by atoms with Gasteiger partial charge >= 0.3 is 0 Å². The number of carbonyl (C=O) groups is 1. The van der Waals surface area contributed by atoms with Crippen molar-refractivity contribution in [3.8, 4) is 5.75 Å². The molecule has 1 heterocycles. The summed E-state index contributed by atoms with van der Waals surface area (Å²) < 4.78 is 5.97. The van der Waals surface area contributed by atoms with E-state index >= 15 is 0 Å². The summed E-state index contributed by atoms with van der Waals surface area (Å²) in [5, 5.41) is 10.4. The van der Waals surface area contributed by atoms with Crippen LogP contribution in [-0.2, 0) is 0 Å². The van der Waals surface area contributed by atoms with Crippen LogP contribution in [0, 0.1) is 17.8 Å². The summed E-state index contributed by atoms with van der Waals surface area (Å²) in [4.78, 5) is 12.6. The highest BCUT2D eigenvalue weighted by Crippen LogP contribution is 2.36. The molecular weight excluding hydrogens is 240 g/mol. The largest absolute Gasteiger partial charge is 0.489 e. The SMILES string of the molecule is CC(C)[C@H](O)[C@@H]1C(=O)c2ccccc2O[C@H]1C(C)C. The van der Waals surface area contributed by atoms with Gasteiger partial charge in [-0.3, -0.25) is 4.79 Å². The Morgan fingerprint density at radius 2 is 1.79 bits per heavy atom. The van der Waals surface area contributed by atoms with E-state index in [-0.39, 0.29) is 23.7 Å². The number of ether oxygens (including phenoxy) is 1. The van der Waals surface area contributed by atoms with Crippen molar-refractivity contribution in [2.75, 3.05) is 0 Å². The summed E-state index contributed by atoms with van der Waals surface area (Å²) in [5.74, 6) is 0.370. The Morgan fingerprint density at radius 3 is 2.37 bits per heavy atom. The second-order valence-corrected chi connectivity index (χ2v) is 5.95. The fourth-order valence-electron chi connectivity index (χ4n) is 2.64. The van der Waals surface area contributed by atoms with Crippen molar-refractivity contribution < 1.29 is 14.6 Å². The first-order valence-corrected chi connectivity index (χ1v) is 6.91. The number of fused-ring (bicyclic) bond motifs is 1. The topological polar surface area (TPSA) is 46.5 Å². The number of hydrogen-bond donors (Lipinski definition) is 1. The van der Waals surface area contributed by atoms with Crippen LogP contribution >= 0.6 is 0 Å². The first kappa shape index (κ1) is 14.1. The number of para-hydroxylation sites is 1. The first-order valence-electron chi connectivity index (χ1n) is 6.91. The molecule has 1 aromatic rings. The molecule has 0 saturated heterocycles. The highest BCUT2D eigenvalue weighted by Gasteiger charge is 2.43. The number of ketones is 1. The Balaban J connectivity index is 2.43. The number of carbonyl (C=O) groups excluding carboxylic acids is 1. The molecule has 0 spiro atoms. The zero-order valence-electron chi connectivity index (χ0n) is 12.0. The minimum atomic E-state index is -0.673. The second-order valence-electron chi connectivity index (χ2n) is 5.95. The summed E-state index contributed by atoms with van der Waals surface area (Å²) in [5.41, 5.74) is 0.587. The lowest BCUT2D eigenvalue weighted by Crippen LogP contribution is -2.48. The van der Waals surface area contributed by atoms with Gasteiger partial charge in [0, 0.05) is 0 Å². The average molecular weight is 262 g/mol. The molecule has 3 atom stereocenters. The van der Waals surface area contributed by atoms with Crippen LogP contribution in [0.25, 0.3) is 0 Å². The molecule has 2 rings (SSSR count). The minimum Gasteiger partial charge on any atom is -0.489 e. The normalized spacial score (nSPS) is 24.3. The molecule has 0 aromatic heterocycles. The van der Waals surface area contributed by atoms with E-state index in [1.165, 1.54) is 0 Å². The van der Waals surface area contributed by atoms with Crippen LogP contribution in [0.3, 0.4) is 0 Å². The molecule has 0 bridgehead atoms. The van der Waals surface area contributed by atoms with E-state index in [1.54, 1.807) is 6.07 Å². The van der Waals surface area contributed by atoms with Gasteiger partial charge in [-0.25, -0.2) is 0 Å². The summed E-state index contributed by atoms with van der Waals surface area (Å²) in [7, 11) is 0. The van der Waals surface area contributed by atoms with Crippen molar-refractivity contribution in [1.82, 2.24) is 0 Å². The average Bonchev–Trinajstić information content (AvgIpc) is 2.37. The van der Waals surface area contributed by atoms with E-state index in [0.29, 0.717) is 11.3 Å². The molecule has 104 valence electrons. The molecule has 0 radical (unpaired) electrons. The van der Waals surface area contributed by atoms with Gasteiger partial charge in [-0.05, 0) is 24.0 Å². The Kier molecular flexibility index (Phi) is 3.95. The lowest BCUT2D eigenvalue weighted by Gasteiger charge is -2.38. The standard InChI is InChI=1S/C16H22O3/c1-9(2)14(17)13-15(18)11-7-5-6-8-12(11)19-16(13)10(3)4/h5-10,13-14,16-17H,1-4H3/t13-,14+,16+/m1/s1. The van der Waals surface area contributed by atoms with Gasteiger partial charge in [0.05, 0.1) is 17.6 Å². The number of hydrogen-bond acceptors (Lipinski definition) is 3. The third kappa shape index (κ3) is 2.52. The van der Waals surface area contributed by atoms with Crippen LogP contribution in [0.2, 0.25) is 0 Å². The molecule has 0 fully saturated rings. The molecule has 0 saturated carbocycles. The minimum absolute atomic E-state index is 0.00162. The molecule has 19 heavy (non-hydrogen) atoms. The number of benzene rings is 1. The van der Waals surface area contributed by atoms with Gasteiger partial charge in [-0.2, -0.15) is 0 Å². The van der Waals surface area contributed by atoms with Gasteiger partial charge in [0.25, 0.3) is 0 Å². The maximum atomic E-state index is 12.6. The summed E-state index contributed by atoms with van der Waals surface area (Å²) in [6, 6.07) is 7.28. The van der Waals surface area contributed by atoms with Gasteiger partial charge < -0.3 is 9.84 Å². The first-order chi connectivity index (χ1) is 8.93. The van der Waals surface area contributed by atoms with E-state index in [9.17, 15) is 9.90 Å². The monoisotopic (exact) mass is 262 g/mol. The lowest BCUT2D eigenvalue weighted by atomic mass is 9.77. The van der Waals surface area contributed by atoms with E-state index in [2.05, 4.69) is 0 Å². The molecule has 3 heteroatoms. The molecule has 1 aliphatic heterocycles. The maximum Gasteiger partial charge on any atom is 0.175 e. The van der Waals surface area contributed by atoms with Crippen LogP contribution < -0.4 is 4.74 Å². The van der Waals surface area contributed by atoms with Crippen molar-refractivity contribution in [2.24, 2.45) is 17.8 Å². The fraction of sp³-hybridized carbons (Fsp3) is 0.562. The van der Waals surface area contributed by atoms with Crippen LogP contribution in [0.15, 0.2) is 24.3 Å². The Labute approximate surface area is 114 Å². The van der Waals surface area contributed by atoms with Crippen molar-refractivity contribution in [2.45, 2.75) is 39.9 Å². The molecular formula is C16H22O3. The quantitative estimate of drug-likeness (QED) is 0.911. The fourth-order valence-corrected chi connectivity index (χ4v) is 2.64. The summed E-state index contributed by atoms with van der Waals surface area (Å²) >= 11 is 0. The van der Waals surface area contributed by atoms with Crippen LogP contribution in [0.4, 0.5) is 0 Å². The zero-order chi connectivity index (χ0) is 14.2. The maximum absolute atomic E-state index is 12.6. The molecule has 1 aromatic carbocycles. The van der Waals surface area contributed by atoms with Gasteiger partial charge in [0.2, 0.25) is 0 Å².